The zero-order chi connectivity index (χ0) is 13.4. The molecular formula is C16H24N2. The minimum atomic E-state index is 0.0621. The number of nitrogens with zero attached hydrogens (tertiary/aromatic N) is 2. The first kappa shape index (κ1) is 14.6. The topological polar surface area (TPSA) is 27.0 Å². The van der Waals surface area contributed by atoms with Crippen molar-refractivity contribution in [3.63, 3.8) is 0 Å². The molecule has 0 bridgehead atoms. The average molecular weight is 244 g/mol. The van der Waals surface area contributed by atoms with Crippen LogP contribution in [-0.2, 0) is 0 Å². The number of hydrogen-bond acceptors (Lipinski definition) is 2. The summed E-state index contributed by atoms with van der Waals surface area (Å²) < 4.78 is 0. The van der Waals surface area contributed by atoms with E-state index in [2.05, 4.69) is 37.1 Å². The van der Waals surface area contributed by atoms with E-state index in [1.165, 1.54) is 24.9 Å². The van der Waals surface area contributed by atoms with Gasteiger partial charge in [0.2, 0.25) is 0 Å². The van der Waals surface area contributed by atoms with Gasteiger partial charge in [0.25, 0.3) is 0 Å². The zero-order valence-electron chi connectivity index (χ0n) is 11.8. The summed E-state index contributed by atoms with van der Waals surface area (Å²) >= 11 is 0. The first-order valence-electron chi connectivity index (χ1n) is 6.88. The van der Waals surface area contributed by atoms with Gasteiger partial charge in [-0.15, -0.1) is 0 Å². The minimum Gasteiger partial charge on any atom is -0.370 e. The molecule has 0 heterocycles. The number of rotatable bonds is 7. The molecule has 2 atom stereocenters. The third-order valence-electron chi connectivity index (χ3n) is 3.55. The Hall–Kier alpha value is -1.49. The van der Waals surface area contributed by atoms with Crippen molar-refractivity contribution in [2.24, 2.45) is 5.92 Å². The highest BCUT2D eigenvalue weighted by Crippen LogP contribution is 2.22. The second kappa shape index (κ2) is 7.76. The lowest BCUT2D eigenvalue weighted by molar-refractivity contribution is 0.465. The maximum atomic E-state index is 9.18. The fraction of sp³-hybridized carbons (Fsp3) is 0.562. The van der Waals surface area contributed by atoms with E-state index in [1.807, 2.05) is 25.1 Å². The molecule has 0 radical (unpaired) electrons. The van der Waals surface area contributed by atoms with Gasteiger partial charge in [-0.25, -0.2) is 0 Å². The van der Waals surface area contributed by atoms with Crippen LogP contribution in [0.5, 0.6) is 0 Å². The van der Waals surface area contributed by atoms with Crippen LogP contribution in [0.3, 0.4) is 0 Å². The molecule has 0 aliphatic rings. The van der Waals surface area contributed by atoms with Crippen LogP contribution in [0.2, 0.25) is 0 Å². The highest BCUT2D eigenvalue weighted by Gasteiger charge is 2.21. The molecule has 0 spiro atoms. The van der Waals surface area contributed by atoms with Crippen LogP contribution in [0.15, 0.2) is 30.3 Å². The summed E-state index contributed by atoms with van der Waals surface area (Å²) in [4.78, 5) is 2.25. The minimum absolute atomic E-state index is 0.0621. The van der Waals surface area contributed by atoms with Gasteiger partial charge in [0.05, 0.1) is 12.0 Å². The second-order valence-electron chi connectivity index (χ2n) is 4.93. The molecule has 2 nitrogen and oxygen atoms in total. The lowest BCUT2D eigenvalue weighted by Gasteiger charge is -2.32. The van der Waals surface area contributed by atoms with Gasteiger partial charge in [-0.3, -0.25) is 0 Å². The van der Waals surface area contributed by atoms with Crippen LogP contribution < -0.4 is 4.90 Å². The summed E-state index contributed by atoms with van der Waals surface area (Å²) in [6.07, 6.45) is 4.76. The van der Waals surface area contributed by atoms with Gasteiger partial charge >= 0.3 is 0 Å². The smallest absolute Gasteiger partial charge is 0.0674 e. The van der Waals surface area contributed by atoms with Gasteiger partial charge < -0.3 is 4.90 Å². The number of anilines is 1. The molecule has 0 amide bonds. The van der Waals surface area contributed by atoms with Crippen LogP contribution in [0.25, 0.3) is 0 Å². The van der Waals surface area contributed by atoms with Gasteiger partial charge in [-0.1, -0.05) is 44.4 Å². The molecule has 0 aromatic heterocycles. The fourth-order valence-corrected chi connectivity index (χ4v) is 2.32. The lowest BCUT2D eigenvalue weighted by Crippen LogP contribution is -2.36. The Kier molecular flexibility index (Phi) is 6.28. The van der Waals surface area contributed by atoms with Crippen LogP contribution >= 0.6 is 0 Å². The lowest BCUT2D eigenvalue weighted by atomic mass is 9.95. The third-order valence-corrected chi connectivity index (χ3v) is 3.55. The van der Waals surface area contributed by atoms with Gasteiger partial charge in [-0.05, 0) is 25.5 Å². The highest BCUT2D eigenvalue weighted by molar-refractivity contribution is 5.46. The molecule has 2 unspecified atom stereocenters. The molecule has 0 saturated carbocycles. The maximum absolute atomic E-state index is 9.18. The van der Waals surface area contributed by atoms with E-state index < -0.39 is 0 Å². The van der Waals surface area contributed by atoms with E-state index in [1.54, 1.807) is 0 Å². The molecule has 18 heavy (non-hydrogen) atoms. The van der Waals surface area contributed by atoms with Crippen molar-refractivity contribution < 1.29 is 0 Å². The largest absolute Gasteiger partial charge is 0.370 e. The summed E-state index contributed by atoms with van der Waals surface area (Å²) in [6.45, 7) is 4.24. The van der Waals surface area contributed by atoms with Crippen LogP contribution in [0, 0.1) is 17.2 Å². The molecule has 1 aromatic carbocycles. The predicted molar refractivity (Wildman–Crippen MR) is 77.6 cm³/mol. The van der Waals surface area contributed by atoms with Gasteiger partial charge in [0, 0.05) is 18.8 Å². The maximum Gasteiger partial charge on any atom is 0.0674 e. The SMILES string of the molecule is CCCCCC(C(C)C#N)N(C)c1ccccc1. The first-order chi connectivity index (χ1) is 8.70. The fourth-order valence-electron chi connectivity index (χ4n) is 2.32. The van der Waals surface area contributed by atoms with E-state index in [-0.39, 0.29) is 5.92 Å². The average Bonchev–Trinajstić information content (AvgIpc) is 2.43. The number of hydrogen-bond donors (Lipinski definition) is 0. The molecule has 98 valence electrons. The standard InChI is InChI=1S/C16H24N2/c1-4-5-7-12-16(14(2)13-17)18(3)15-10-8-6-9-11-15/h6,8-11,14,16H,4-5,7,12H2,1-3H3. The Balaban J connectivity index is 2.73. The normalized spacial score (nSPS) is 13.7. The molecule has 0 aliphatic carbocycles. The van der Waals surface area contributed by atoms with E-state index >= 15 is 0 Å². The van der Waals surface area contributed by atoms with Crippen LogP contribution in [0.1, 0.15) is 39.5 Å². The quantitative estimate of drug-likeness (QED) is 0.671. The Labute approximate surface area is 111 Å². The van der Waals surface area contributed by atoms with E-state index in [4.69, 9.17) is 0 Å². The van der Waals surface area contributed by atoms with Crippen LogP contribution in [0.4, 0.5) is 5.69 Å². The number of benzene rings is 1. The molecule has 0 aliphatic heterocycles. The van der Waals surface area contributed by atoms with E-state index in [0.29, 0.717) is 6.04 Å². The second-order valence-corrected chi connectivity index (χ2v) is 4.93. The molecular weight excluding hydrogens is 220 g/mol. The highest BCUT2D eigenvalue weighted by atomic mass is 15.1. The molecule has 2 heteroatoms. The summed E-state index contributed by atoms with van der Waals surface area (Å²) in [5, 5.41) is 9.18. The van der Waals surface area contributed by atoms with Crippen molar-refractivity contribution in [1.29, 1.82) is 5.26 Å². The van der Waals surface area contributed by atoms with Crippen molar-refractivity contribution in [3.8, 4) is 6.07 Å². The molecule has 0 N–H and O–H groups in total. The number of nitriles is 1. The van der Waals surface area contributed by atoms with E-state index in [9.17, 15) is 5.26 Å². The Morgan fingerprint density at radius 3 is 2.44 bits per heavy atom. The molecule has 1 rings (SSSR count). The van der Waals surface area contributed by atoms with Crippen molar-refractivity contribution in [2.45, 2.75) is 45.6 Å². The predicted octanol–water partition coefficient (Wildman–Crippen LogP) is 4.23. The van der Waals surface area contributed by atoms with Crippen molar-refractivity contribution in [2.75, 3.05) is 11.9 Å². The van der Waals surface area contributed by atoms with Gasteiger partial charge in [0.1, 0.15) is 0 Å². The monoisotopic (exact) mass is 244 g/mol. The summed E-state index contributed by atoms with van der Waals surface area (Å²) in [5.74, 6) is 0.0621. The molecule has 1 aromatic rings. The van der Waals surface area contributed by atoms with Crippen molar-refractivity contribution >= 4 is 5.69 Å². The molecule has 0 saturated heterocycles. The van der Waals surface area contributed by atoms with Crippen molar-refractivity contribution in [1.82, 2.24) is 0 Å². The summed E-state index contributed by atoms with van der Waals surface area (Å²) in [7, 11) is 2.10. The summed E-state index contributed by atoms with van der Waals surface area (Å²) in [6, 6.07) is 13.0. The van der Waals surface area contributed by atoms with Gasteiger partial charge in [-0.2, -0.15) is 5.26 Å². The molecule has 0 fully saturated rings. The van der Waals surface area contributed by atoms with Crippen molar-refractivity contribution in [3.05, 3.63) is 30.3 Å². The number of para-hydroxylation sites is 1. The summed E-state index contributed by atoms with van der Waals surface area (Å²) in [5.41, 5.74) is 1.20. The number of unbranched alkanes of at least 4 members (excludes halogenated alkanes) is 2. The zero-order valence-corrected chi connectivity index (χ0v) is 11.8. The third kappa shape index (κ3) is 4.07. The first-order valence-corrected chi connectivity index (χ1v) is 6.88. The van der Waals surface area contributed by atoms with Gasteiger partial charge in [0.15, 0.2) is 0 Å². The Bertz CT molecular complexity index is 366. The Morgan fingerprint density at radius 2 is 1.89 bits per heavy atom. The van der Waals surface area contributed by atoms with Crippen LogP contribution in [-0.4, -0.2) is 13.1 Å². The van der Waals surface area contributed by atoms with E-state index in [0.717, 1.165) is 6.42 Å². The Morgan fingerprint density at radius 1 is 1.22 bits per heavy atom.